The lowest BCUT2D eigenvalue weighted by atomic mass is 10.1. The molecular formula is C14H13BrFNO. The monoisotopic (exact) mass is 309 g/mol. The van der Waals surface area contributed by atoms with Crippen LogP contribution >= 0.6 is 15.9 Å². The molecule has 0 spiro atoms. The standard InChI is InChI=1S/C14H13BrFNO/c1-8-4-13(16)12(15)7-14(8)17-9(2)5-11(18)6-10(17)3/h4-7H,1-3H3. The molecule has 0 N–H and O–H groups in total. The molecule has 94 valence electrons. The molecule has 0 bridgehead atoms. The molecule has 2 rings (SSSR count). The molecule has 0 saturated carbocycles. The Morgan fingerprint density at radius 2 is 1.61 bits per heavy atom. The fraction of sp³-hybridized carbons (Fsp3) is 0.214. The minimum atomic E-state index is -0.285. The smallest absolute Gasteiger partial charge is 0.182 e. The summed E-state index contributed by atoms with van der Waals surface area (Å²) in [7, 11) is 0. The Labute approximate surface area is 113 Å². The van der Waals surface area contributed by atoms with Crippen LogP contribution in [0.2, 0.25) is 0 Å². The zero-order valence-corrected chi connectivity index (χ0v) is 12.0. The molecule has 0 atom stereocenters. The molecule has 0 aliphatic carbocycles. The molecule has 0 saturated heterocycles. The number of benzene rings is 1. The van der Waals surface area contributed by atoms with Gasteiger partial charge in [-0.05, 0) is 54.4 Å². The molecule has 0 aliphatic rings. The van der Waals surface area contributed by atoms with E-state index in [1.165, 1.54) is 6.07 Å². The fourth-order valence-electron chi connectivity index (χ4n) is 2.12. The third-order valence-electron chi connectivity index (χ3n) is 2.89. The van der Waals surface area contributed by atoms with Crippen LogP contribution in [0.1, 0.15) is 17.0 Å². The lowest BCUT2D eigenvalue weighted by Crippen LogP contribution is -2.12. The second-order valence-corrected chi connectivity index (χ2v) is 5.22. The van der Waals surface area contributed by atoms with Gasteiger partial charge in [-0.3, -0.25) is 4.79 Å². The van der Waals surface area contributed by atoms with Crippen molar-refractivity contribution in [1.82, 2.24) is 4.57 Å². The number of nitrogens with zero attached hydrogens (tertiary/aromatic N) is 1. The molecule has 0 unspecified atom stereocenters. The Hall–Kier alpha value is -1.42. The van der Waals surface area contributed by atoms with Crippen molar-refractivity contribution in [2.24, 2.45) is 0 Å². The zero-order chi connectivity index (χ0) is 13.4. The molecule has 1 aromatic heterocycles. The van der Waals surface area contributed by atoms with E-state index < -0.39 is 0 Å². The van der Waals surface area contributed by atoms with E-state index in [-0.39, 0.29) is 11.2 Å². The maximum atomic E-state index is 13.4. The number of aromatic nitrogens is 1. The Bertz CT molecular complexity index is 650. The van der Waals surface area contributed by atoms with Gasteiger partial charge in [-0.1, -0.05) is 0 Å². The van der Waals surface area contributed by atoms with Crippen LogP contribution in [0.4, 0.5) is 4.39 Å². The first-order chi connectivity index (χ1) is 8.40. The van der Waals surface area contributed by atoms with E-state index in [9.17, 15) is 9.18 Å². The molecule has 0 radical (unpaired) electrons. The molecule has 1 aromatic carbocycles. The minimum absolute atomic E-state index is 0.0138. The first-order valence-electron chi connectivity index (χ1n) is 5.56. The second-order valence-electron chi connectivity index (χ2n) is 4.36. The van der Waals surface area contributed by atoms with Gasteiger partial charge in [0, 0.05) is 29.2 Å². The van der Waals surface area contributed by atoms with E-state index in [4.69, 9.17) is 0 Å². The molecule has 0 amide bonds. The summed E-state index contributed by atoms with van der Waals surface area (Å²) in [6, 6.07) is 6.36. The predicted octanol–water partition coefficient (Wildman–Crippen LogP) is 3.66. The van der Waals surface area contributed by atoms with Crippen LogP contribution in [-0.4, -0.2) is 4.57 Å². The van der Waals surface area contributed by atoms with Crippen molar-refractivity contribution in [2.75, 3.05) is 0 Å². The van der Waals surface area contributed by atoms with Crippen molar-refractivity contribution in [3.63, 3.8) is 0 Å². The third kappa shape index (κ3) is 2.25. The van der Waals surface area contributed by atoms with Crippen LogP contribution < -0.4 is 5.43 Å². The molecule has 2 aromatic rings. The maximum absolute atomic E-state index is 13.4. The highest BCUT2D eigenvalue weighted by atomic mass is 79.9. The van der Waals surface area contributed by atoms with Crippen LogP contribution in [0.3, 0.4) is 0 Å². The lowest BCUT2D eigenvalue weighted by molar-refractivity contribution is 0.619. The summed E-state index contributed by atoms with van der Waals surface area (Å²) in [5.41, 5.74) is 3.35. The molecule has 18 heavy (non-hydrogen) atoms. The van der Waals surface area contributed by atoms with Crippen molar-refractivity contribution in [2.45, 2.75) is 20.8 Å². The van der Waals surface area contributed by atoms with Gasteiger partial charge in [-0.25, -0.2) is 4.39 Å². The lowest BCUT2D eigenvalue weighted by Gasteiger charge is -2.17. The summed E-state index contributed by atoms with van der Waals surface area (Å²) in [6.45, 7) is 5.58. The highest BCUT2D eigenvalue weighted by Crippen LogP contribution is 2.25. The number of pyridine rings is 1. The largest absolute Gasteiger partial charge is 0.318 e. The Kier molecular flexibility index (Phi) is 3.39. The van der Waals surface area contributed by atoms with Crippen molar-refractivity contribution in [1.29, 1.82) is 0 Å². The normalized spacial score (nSPS) is 10.7. The number of aryl methyl sites for hydroxylation is 3. The molecule has 0 aliphatic heterocycles. The zero-order valence-electron chi connectivity index (χ0n) is 10.4. The first kappa shape index (κ1) is 13.0. The van der Waals surface area contributed by atoms with Gasteiger partial charge in [0.15, 0.2) is 5.43 Å². The molecule has 2 nitrogen and oxygen atoms in total. The SMILES string of the molecule is Cc1cc(F)c(Br)cc1-n1c(C)cc(=O)cc1C. The van der Waals surface area contributed by atoms with Gasteiger partial charge >= 0.3 is 0 Å². The summed E-state index contributed by atoms with van der Waals surface area (Å²) in [5.74, 6) is -0.285. The van der Waals surface area contributed by atoms with Gasteiger partial charge < -0.3 is 4.57 Å². The minimum Gasteiger partial charge on any atom is -0.318 e. The highest BCUT2D eigenvalue weighted by molar-refractivity contribution is 9.10. The van der Waals surface area contributed by atoms with E-state index in [1.54, 1.807) is 18.2 Å². The van der Waals surface area contributed by atoms with Crippen LogP contribution in [0.5, 0.6) is 0 Å². The molecule has 4 heteroatoms. The summed E-state index contributed by atoms with van der Waals surface area (Å²) in [4.78, 5) is 11.4. The molecule has 0 fully saturated rings. The van der Waals surface area contributed by atoms with Crippen molar-refractivity contribution in [3.05, 3.63) is 61.7 Å². The van der Waals surface area contributed by atoms with Crippen LogP contribution in [0, 0.1) is 26.6 Å². The second kappa shape index (κ2) is 4.69. The van der Waals surface area contributed by atoms with Gasteiger partial charge in [0.1, 0.15) is 5.82 Å². The van der Waals surface area contributed by atoms with Crippen LogP contribution in [-0.2, 0) is 0 Å². The highest BCUT2D eigenvalue weighted by Gasteiger charge is 2.10. The van der Waals surface area contributed by atoms with Gasteiger partial charge in [-0.2, -0.15) is 0 Å². The number of hydrogen-bond donors (Lipinski definition) is 0. The fourth-order valence-corrected chi connectivity index (χ4v) is 2.45. The van der Waals surface area contributed by atoms with E-state index in [2.05, 4.69) is 15.9 Å². The van der Waals surface area contributed by atoms with Gasteiger partial charge in [0.25, 0.3) is 0 Å². The van der Waals surface area contributed by atoms with Gasteiger partial charge in [-0.15, -0.1) is 0 Å². The van der Waals surface area contributed by atoms with Crippen molar-refractivity contribution in [3.8, 4) is 5.69 Å². The summed E-state index contributed by atoms with van der Waals surface area (Å²) < 4.78 is 15.8. The quantitative estimate of drug-likeness (QED) is 0.788. The van der Waals surface area contributed by atoms with Gasteiger partial charge in [0.05, 0.1) is 4.47 Å². The van der Waals surface area contributed by atoms with E-state index in [0.29, 0.717) is 4.47 Å². The topological polar surface area (TPSA) is 22.0 Å². The predicted molar refractivity (Wildman–Crippen MR) is 73.9 cm³/mol. The van der Waals surface area contributed by atoms with Crippen molar-refractivity contribution < 1.29 is 4.39 Å². The van der Waals surface area contributed by atoms with Crippen molar-refractivity contribution >= 4 is 15.9 Å². The number of halogens is 2. The Balaban J connectivity index is 2.77. The van der Waals surface area contributed by atoms with E-state index in [0.717, 1.165) is 22.6 Å². The number of rotatable bonds is 1. The summed E-state index contributed by atoms with van der Waals surface area (Å²) in [6.07, 6.45) is 0. The molecular weight excluding hydrogens is 297 g/mol. The van der Waals surface area contributed by atoms with E-state index in [1.807, 2.05) is 25.3 Å². The average Bonchev–Trinajstić information content (AvgIpc) is 2.24. The third-order valence-corrected chi connectivity index (χ3v) is 3.50. The first-order valence-corrected chi connectivity index (χ1v) is 6.36. The Morgan fingerprint density at radius 3 is 2.17 bits per heavy atom. The van der Waals surface area contributed by atoms with E-state index >= 15 is 0 Å². The van der Waals surface area contributed by atoms with Crippen LogP contribution in [0.15, 0.2) is 33.5 Å². The summed E-state index contributed by atoms with van der Waals surface area (Å²) >= 11 is 3.19. The molecule has 1 heterocycles. The Morgan fingerprint density at radius 1 is 1.06 bits per heavy atom. The van der Waals surface area contributed by atoms with Crippen LogP contribution in [0.25, 0.3) is 5.69 Å². The van der Waals surface area contributed by atoms with Gasteiger partial charge in [0.2, 0.25) is 0 Å². The number of hydrogen-bond acceptors (Lipinski definition) is 1. The maximum Gasteiger partial charge on any atom is 0.182 e. The average molecular weight is 310 g/mol. The summed E-state index contributed by atoms with van der Waals surface area (Å²) in [5, 5.41) is 0.